The Morgan fingerprint density at radius 1 is 0.932 bits per heavy atom. The predicted molar refractivity (Wildman–Crippen MR) is 233 cm³/mol. The summed E-state index contributed by atoms with van der Waals surface area (Å²) in [5.74, 6) is 2.40. The third-order valence-electron chi connectivity index (χ3n) is 12.0. The molecule has 4 heterocycles. The summed E-state index contributed by atoms with van der Waals surface area (Å²) in [6, 6.07) is 24.4. The van der Waals surface area contributed by atoms with E-state index in [1.807, 2.05) is 63.4 Å². The van der Waals surface area contributed by atoms with Crippen LogP contribution in [0.15, 0.2) is 79.0 Å². The number of thiazole rings is 1. The fourth-order valence-electron chi connectivity index (χ4n) is 8.64. The highest BCUT2D eigenvalue weighted by atomic mass is 32.1. The van der Waals surface area contributed by atoms with E-state index in [4.69, 9.17) is 23.9 Å². The minimum Gasteiger partial charge on any atom is -0.493 e. The lowest BCUT2D eigenvalue weighted by Crippen LogP contribution is -2.37. The molecule has 1 atom stereocenters. The molecule has 1 N–H and O–H groups in total. The third kappa shape index (κ3) is 9.88. The monoisotopic (exact) mass is 817 g/mol. The van der Waals surface area contributed by atoms with E-state index < -0.39 is 11.8 Å². The Hall–Kier alpha value is -5.04. The van der Waals surface area contributed by atoms with Crippen molar-refractivity contribution in [3.05, 3.63) is 101 Å². The van der Waals surface area contributed by atoms with Crippen molar-refractivity contribution in [2.24, 2.45) is 11.3 Å². The van der Waals surface area contributed by atoms with Gasteiger partial charge in [0.15, 0.2) is 5.13 Å². The lowest BCUT2D eigenvalue weighted by molar-refractivity contribution is -0.0204. The van der Waals surface area contributed by atoms with Crippen molar-refractivity contribution in [1.82, 2.24) is 14.9 Å². The maximum absolute atomic E-state index is 13.5. The summed E-state index contributed by atoms with van der Waals surface area (Å²) in [7, 11) is 0. The van der Waals surface area contributed by atoms with Gasteiger partial charge < -0.3 is 28.7 Å². The van der Waals surface area contributed by atoms with Crippen molar-refractivity contribution in [1.29, 1.82) is 0 Å². The maximum Gasteiger partial charge on any atom is 0.508 e. The molecule has 2 aliphatic heterocycles. The van der Waals surface area contributed by atoms with Crippen LogP contribution >= 0.6 is 11.3 Å². The number of para-hydroxylation sites is 1. The van der Waals surface area contributed by atoms with Crippen LogP contribution in [0.4, 0.5) is 15.7 Å². The standard InChI is InChI=1S/C47H55N5O6S/c1-32-36(10-8-13-40(32)56-25-18-35-29-47(35)19-22-51(23-20-47)24-26-55-27-28-57-45(54)58-46(2,3)4)34-15-16-42(48-30-34)52-21-17-33-9-7-11-37(38(33)31-52)43(53)50-44-49-39-12-5-6-14-41(39)59-44/h5-16,30,35H,17-29,31H2,1-4H3,(H,49,50,53)/t35-/m0/s1. The Kier molecular flexibility index (Phi) is 12.2. The average molecular weight is 818 g/mol. The molecule has 8 rings (SSSR count). The Morgan fingerprint density at radius 3 is 2.56 bits per heavy atom. The van der Waals surface area contributed by atoms with Crippen molar-refractivity contribution < 1.29 is 28.5 Å². The number of piperidine rings is 1. The van der Waals surface area contributed by atoms with E-state index in [9.17, 15) is 9.59 Å². The molecular formula is C47H55N5O6S. The van der Waals surface area contributed by atoms with Gasteiger partial charge in [-0.25, -0.2) is 14.8 Å². The van der Waals surface area contributed by atoms with Crippen LogP contribution in [0.5, 0.6) is 5.75 Å². The minimum absolute atomic E-state index is 0.137. The summed E-state index contributed by atoms with van der Waals surface area (Å²) in [6.07, 6.45) is 6.96. The lowest BCUT2D eigenvalue weighted by atomic mass is 9.90. The number of carbonyl (C=O) groups excluding carboxylic acids is 2. The van der Waals surface area contributed by atoms with Crippen LogP contribution in [0, 0.1) is 18.3 Å². The number of aromatic nitrogens is 2. The van der Waals surface area contributed by atoms with Crippen LogP contribution in [0.1, 0.15) is 73.5 Å². The second kappa shape index (κ2) is 17.7. The molecule has 59 heavy (non-hydrogen) atoms. The second-order valence-corrected chi connectivity index (χ2v) is 18.1. The van der Waals surface area contributed by atoms with Gasteiger partial charge in [-0.15, -0.1) is 0 Å². The smallest absolute Gasteiger partial charge is 0.493 e. The molecule has 0 radical (unpaired) electrons. The van der Waals surface area contributed by atoms with Gasteiger partial charge in [-0.1, -0.05) is 47.7 Å². The number of likely N-dealkylation sites (tertiary alicyclic amines) is 1. The van der Waals surface area contributed by atoms with E-state index in [2.05, 4.69) is 63.4 Å². The summed E-state index contributed by atoms with van der Waals surface area (Å²) >= 11 is 1.49. The molecule has 1 saturated carbocycles. The number of carbonyl (C=O) groups is 2. The molecule has 0 bridgehead atoms. The van der Waals surface area contributed by atoms with Crippen LogP contribution in [0.25, 0.3) is 21.3 Å². The first-order valence-corrected chi connectivity index (χ1v) is 21.7. The molecule has 12 heteroatoms. The molecule has 2 fully saturated rings. The quantitative estimate of drug-likeness (QED) is 0.0859. The van der Waals surface area contributed by atoms with E-state index in [0.29, 0.717) is 42.5 Å². The van der Waals surface area contributed by atoms with Gasteiger partial charge in [0.25, 0.3) is 5.91 Å². The van der Waals surface area contributed by atoms with Crippen LogP contribution in [0.3, 0.4) is 0 Å². The average Bonchev–Trinajstić information content (AvgIpc) is 3.72. The first kappa shape index (κ1) is 40.7. The molecule has 5 aromatic rings. The normalized spacial score (nSPS) is 17.4. The predicted octanol–water partition coefficient (Wildman–Crippen LogP) is 9.32. The molecule has 310 valence electrons. The highest BCUT2D eigenvalue weighted by Crippen LogP contribution is 2.60. The van der Waals surface area contributed by atoms with E-state index in [1.165, 1.54) is 36.2 Å². The van der Waals surface area contributed by atoms with Gasteiger partial charge in [0.1, 0.15) is 23.8 Å². The fraction of sp³-hybridized carbons (Fsp3) is 0.447. The summed E-state index contributed by atoms with van der Waals surface area (Å²) in [4.78, 5) is 39.5. The molecule has 2 aromatic heterocycles. The first-order valence-electron chi connectivity index (χ1n) is 20.9. The molecule has 1 amide bonds. The highest BCUT2D eigenvalue weighted by Gasteiger charge is 2.54. The molecule has 3 aromatic carbocycles. The number of fused-ring (bicyclic) bond motifs is 2. The Bertz CT molecular complexity index is 2230. The van der Waals surface area contributed by atoms with Gasteiger partial charge in [0, 0.05) is 37.0 Å². The first-order chi connectivity index (χ1) is 28.5. The summed E-state index contributed by atoms with van der Waals surface area (Å²) in [5.41, 5.74) is 7.00. The number of amides is 1. The number of hydrogen-bond acceptors (Lipinski definition) is 11. The third-order valence-corrected chi connectivity index (χ3v) is 13.0. The van der Waals surface area contributed by atoms with Gasteiger partial charge in [-0.3, -0.25) is 10.1 Å². The summed E-state index contributed by atoms with van der Waals surface area (Å²) in [6.45, 7) is 14.0. The van der Waals surface area contributed by atoms with Gasteiger partial charge in [0.05, 0.1) is 30.0 Å². The van der Waals surface area contributed by atoms with E-state index in [-0.39, 0.29) is 12.5 Å². The summed E-state index contributed by atoms with van der Waals surface area (Å²) in [5, 5.41) is 3.65. The number of rotatable bonds is 14. The number of ether oxygens (including phenoxy) is 4. The zero-order valence-corrected chi connectivity index (χ0v) is 35.4. The number of pyridine rings is 1. The second-order valence-electron chi connectivity index (χ2n) is 17.1. The molecular weight excluding hydrogens is 763 g/mol. The SMILES string of the molecule is Cc1c(OCC[C@H]2CC23CCN(CCOCCOC(=O)OC(C)(C)C)CC3)cccc1-c1ccc(N2CCc3cccc(C(=O)Nc4nc5ccccc5s4)c3C2)nc1. The van der Waals surface area contributed by atoms with Crippen LogP contribution < -0.4 is 15.0 Å². The zero-order chi connectivity index (χ0) is 41.0. The molecule has 3 aliphatic rings. The molecule has 1 saturated heterocycles. The lowest BCUT2D eigenvalue weighted by Gasteiger charge is -2.33. The maximum atomic E-state index is 13.5. The highest BCUT2D eigenvalue weighted by molar-refractivity contribution is 7.22. The number of nitrogens with one attached hydrogen (secondary N) is 1. The van der Waals surface area contributed by atoms with Crippen LogP contribution in [0.2, 0.25) is 0 Å². The van der Waals surface area contributed by atoms with Crippen molar-refractivity contribution in [2.45, 2.75) is 71.9 Å². The Morgan fingerprint density at radius 2 is 1.76 bits per heavy atom. The zero-order valence-electron chi connectivity index (χ0n) is 34.6. The van der Waals surface area contributed by atoms with Crippen molar-refractivity contribution >= 4 is 44.6 Å². The van der Waals surface area contributed by atoms with Gasteiger partial charge in [-0.2, -0.15) is 0 Å². The van der Waals surface area contributed by atoms with Gasteiger partial charge in [-0.05, 0) is 143 Å². The number of nitrogens with zero attached hydrogens (tertiary/aromatic N) is 4. The minimum atomic E-state index is -0.655. The Balaban J connectivity index is 0.787. The van der Waals surface area contributed by atoms with Gasteiger partial charge in [0.2, 0.25) is 0 Å². The van der Waals surface area contributed by atoms with Crippen molar-refractivity contribution in [2.75, 3.05) is 62.8 Å². The number of benzene rings is 3. The fourth-order valence-corrected chi connectivity index (χ4v) is 9.50. The summed E-state index contributed by atoms with van der Waals surface area (Å²) < 4.78 is 23.4. The van der Waals surface area contributed by atoms with Gasteiger partial charge >= 0.3 is 6.16 Å². The van der Waals surface area contributed by atoms with E-state index in [1.54, 1.807) is 0 Å². The Labute approximate surface area is 351 Å². The largest absolute Gasteiger partial charge is 0.508 e. The van der Waals surface area contributed by atoms with Crippen LogP contribution in [-0.2, 0) is 27.2 Å². The molecule has 1 aliphatic carbocycles. The molecule has 1 spiro atoms. The topological polar surface area (TPSA) is 115 Å². The molecule has 0 unspecified atom stereocenters. The van der Waals surface area contributed by atoms with Crippen LogP contribution in [-0.4, -0.2) is 85.1 Å². The van der Waals surface area contributed by atoms with Crippen molar-refractivity contribution in [3.63, 3.8) is 0 Å². The number of hydrogen-bond donors (Lipinski definition) is 1. The molecule has 11 nitrogen and oxygen atoms in total. The number of anilines is 2. The van der Waals surface area contributed by atoms with Crippen molar-refractivity contribution in [3.8, 4) is 16.9 Å². The van der Waals surface area contributed by atoms with E-state index in [0.717, 1.165) is 89.0 Å². The van der Waals surface area contributed by atoms with E-state index >= 15 is 0 Å².